The lowest BCUT2D eigenvalue weighted by Crippen LogP contribution is -1.89. The second kappa shape index (κ2) is 5.50. The second-order valence-electron chi connectivity index (χ2n) is 3.67. The Bertz CT molecular complexity index is 91.7. The summed E-state index contributed by atoms with van der Waals surface area (Å²) in [5.74, 6) is 0. The topological polar surface area (TPSA) is 0 Å². The molecule has 1 aliphatic rings. The summed E-state index contributed by atoms with van der Waals surface area (Å²) in [6, 6.07) is 0. The van der Waals surface area contributed by atoms with E-state index in [2.05, 4.69) is 13.3 Å². The summed E-state index contributed by atoms with van der Waals surface area (Å²) >= 11 is 0. The molecule has 0 saturated carbocycles. The highest BCUT2D eigenvalue weighted by Crippen LogP contribution is 2.40. The van der Waals surface area contributed by atoms with Gasteiger partial charge in [-0.3, -0.25) is 0 Å². The lowest BCUT2D eigenvalue weighted by molar-refractivity contribution is 0.899. The maximum atomic E-state index is 2.48. The molecule has 1 fully saturated rings. The zero-order valence-electron chi connectivity index (χ0n) is 7.84. The predicted molar refractivity (Wildman–Crippen MR) is 59.0 cm³/mol. The number of hydrogen-bond acceptors (Lipinski definition) is 0. The van der Waals surface area contributed by atoms with Crippen molar-refractivity contribution >= 4 is 15.8 Å². The smallest absolute Gasteiger partial charge is 0.0325 e. The van der Waals surface area contributed by atoms with Gasteiger partial charge >= 0.3 is 0 Å². The molecule has 0 radical (unpaired) electrons. The standard InChI is InChI=1S/C9H20P2/c1-10-6-3-4-7-11(2)9-5-8-10/h3-9H2,1-2H3. The van der Waals surface area contributed by atoms with Gasteiger partial charge in [0.15, 0.2) is 0 Å². The Morgan fingerprint density at radius 2 is 1.00 bits per heavy atom. The second-order valence-corrected chi connectivity index (χ2v) is 8.88. The fourth-order valence-electron chi connectivity index (χ4n) is 1.60. The Labute approximate surface area is 73.7 Å². The lowest BCUT2D eigenvalue weighted by Gasteiger charge is -2.09. The van der Waals surface area contributed by atoms with Crippen LogP contribution in [0.4, 0.5) is 0 Å². The van der Waals surface area contributed by atoms with E-state index >= 15 is 0 Å². The summed E-state index contributed by atoms with van der Waals surface area (Å²) < 4.78 is 0. The first-order chi connectivity index (χ1) is 5.29. The predicted octanol–water partition coefficient (Wildman–Crippen LogP) is 3.39. The van der Waals surface area contributed by atoms with E-state index in [1.54, 1.807) is 24.6 Å². The first-order valence-electron chi connectivity index (χ1n) is 4.66. The molecule has 0 nitrogen and oxygen atoms in total. The van der Waals surface area contributed by atoms with Crippen LogP contribution >= 0.6 is 15.8 Å². The molecule has 0 bridgehead atoms. The van der Waals surface area contributed by atoms with Crippen LogP contribution in [-0.4, -0.2) is 38.0 Å². The molecule has 0 amide bonds. The van der Waals surface area contributed by atoms with E-state index in [0.29, 0.717) is 15.8 Å². The highest BCUT2D eigenvalue weighted by atomic mass is 31.1. The van der Waals surface area contributed by atoms with E-state index in [1.807, 2.05) is 0 Å². The quantitative estimate of drug-likeness (QED) is 0.513. The van der Waals surface area contributed by atoms with E-state index in [-0.39, 0.29) is 0 Å². The number of rotatable bonds is 0. The van der Waals surface area contributed by atoms with E-state index < -0.39 is 0 Å². The summed E-state index contributed by atoms with van der Waals surface area (Å²) in [6.45, 7) is 4.97. The van der Waals surface area contributed by atoms with Gasteiger partial charge in [-0.15, -0.1) is 15.8 Å². The molecule has 2 heteroatoms. The zero-order valence-corrected chi connectivity index (χ0v) is 9.63. The van der Waals surface area contributed by atoms with E-state index in [0.717, 1.165) is 0 Å². The van der Waals surface area contributed by atoms with Crippen LogP contribution in [0, 0.1) is 0 Å². The molecule has 1 rings (SSSR count). The molecule has 1 aliphatic heterocycles. The summed E-state index contributed by atoms with van der Waals surface area (Å²) in [4.78, 5) is 0. The van der Waals surface area contributed by atoms with Crippen molar-refractivity contribution in [2.45, 2.75) is 19.3 Å². The average molecular weight is 190 g/mol. The third-order valence-electron chi connectivity index (χ3n) is 2.41. The molecule has 0 spiro atoms. The lowest BCUT2D eigenvalue weighted by atomic mass is 10.4. The Balaban J connectivity index is 2.24. The van der Waals surface area contributed by atoms with E-state index in [9.17, 15) is 0 Å². The van der Waals surface area contributed by atoms with Gasteiger partial charge in [0.2, 0.25) is 0 Å². The summed E-state index contributed by atoms with van der Waals surface area (Å²) in [7, 11) is 0.878. The van der Waals surface area contributed by atoms with Gasteiger partial charge < -0.3 is 0 Å². The van der Waals surface area contributed by atoms with Crippen molar-refractivity contribution in [1.82, 2.24) is 0 Å². The molecule has 1 saturated heterocycles. The Morgan fingerprint density at radius 1 is 0.636 bits per heavy atom. The molecule has 0 N–H and O–H groups in total. The molecule has 0 aromatic carbocycles. The maximum absolute atomic E-state index is 2.48. The van der Waals surface area contributed by atoms with Crippen LogP contribution in [0.25, 0.3) is 0 Å². The molecule has 2 unspecified atom stereocenters. The fraction of sp³-hybridized carbons (Fsp3) is 1.00. The van der Waals surface area contributed by atoms with Crippen molar-refractivity contribution in [1.29, 1.82) is 0 Å². The summed E-state index contributed by atoms with van der Waals surface area (Å²) in [6.07, 6.45) is 10.8. The maximum Gasteiger partial charge on any atom is -0.0325 e. The van der Waals surface area contributed by atoms with Crippen LogP contribution in [0.15, 0.2) is 0 Å². The Morgan fingerprint density at radius 3 is 1.45 bits per heavy atom. The first-order valence-corrected chi connectivity index (χ1v) is 8.98. The van der Waals surface area contributed by atoms with Gasteiger partial charge in [0.05, 0.1) is 0 Å². The minimum Gasteiger partial charge on any atom is -0.110 e. The van der Waals surface area contributed by atoms with Gasteiger partial charge in [-0.05, 0) is 57.2 Å². The van der Waals surface area contributed by atoms with Gasteiger partial charge in [-0.25, -0.2) is 0 Å². The van der Waals surface area contributed by atoms with Crippen LogP contribution < -0.4 is 0 Å². The van der Waals surface area contributed by atoms with E-state index in [1.165, 1.54) is 19.3 Å². The number of hydrogen-bond donors (Lipinski definition) is 0. The third-order valence-corrected chi connectivity index (χ3v) is 6.73. The van der Waals surface area contributed by atoms with Crippen LogP contribution in [0.1, 0.15) is 19.3 Å². The van der Waals surface area contributed by atoms with Crippen molar-refractivity contribution in [2.75, 3.05) is 38.0 Å². The highest BCUT2D eigenvalue weighted by Gasteiger charge is 2.07. The Hall–Kier alpha value is 0.860. The molecule has 11 heavy (non-hydrogen) atoms. The normalized spacial score (nSPS) is 35.5. The van der Waals surface area contributed by atoms with Gasteiger partial charge in [0.25, 0.3) is 0 Å². The Kier molecular flexibility index (Phi) is 4.97. The highest BCUT2D eigenvalue weighted by molar-refractivity contribution is 7.58. The van der Waals surface area contributed by atoms with Gasteiger partial charge in [-0.1, -0.05) is 0 Å². The van der Waals surface area contributed by atoms with Crippen molar-refractivity contribution in [2.24, 2.45) is 0 Å². The van der Waals surface area contributed by atoms with Crippen molar-refractivity contribution < 1.29 is 0 Å². The average Bonchev–Trinajstić information content (AvgIpc) is 2.04. The van der Waals surface area contributed by atoms with Crippen molar-refractivity contribution in [3.8, 4) is 0 Å². The van der Waals surface area contributed by atoms with Crippen LogP contribution in [-0.2, 0) is 0 Å². The van der Waals surface area contributed by atoms with Crippen LogP contribution in [0.2, 0.25) is 0 Å². The molecular weight excluding hydrogens is 170 g/mol. The minimum atomic E-state index is 0.439. The van der Waals surface area contributed by atoms with Crippen LogP contribution in [0.3, 0.4) is 0 Å². The zero-order chi connectivity index (χ0) is 8.10. The molecule has 2 atom stereocenters. The molecule has 0 aromatic heterocycles. The third kappa shape index (κ3) is 4.44. The van der Waals surface area contributed by atoms with Crippen molar-refractivity contribution in [3.63, 3.8) is 0 Å². The first kappa shape index (κ1) is 9.94. The van der Waals surface area contributed by atoms with E-state index in [4.69, 9.17) is 0 Å². The van der Waals surface area contributed by atoms with Gasteiger partial charge in [0.1, 0.15) is 0 Å². The van der Waals surface area contributed by atoms with Gasteiger partial charge in [-0.2, -0.15) is 0 Å². The van der Waals surface area contributed by atoms with Crippen LogP contribution in [0.5, 0.6) is 0 Å². The van der Waals surface area contributed by atoms with Crippen molar-refractivity contribution in [3.05, 3.63) is 0 Å². The monoisotopic (exact) mass is 190 g/mol. The SMILES string of the molecule is CP1CCCCP(C)CCC1. The molecule has 66 valence electrons. The largest absolute Gasteiger partial charge is 0.110 e. The minimum absolute atomic E-state index is 0.439. The summed E-state index contributed by atoms with van der Waals surface area (Å²) in [5.41, 5.74) is 0. The van der Waals surface area contributed by atoms with Gasteiger partial charge in [0, 0.05) is 0 Å². The molecule has 0 aromatic rings. The molecule has 1 heterocycles. The summed E-state index contributed by atoms with van der Waals surface area (Å²) in [5, 5.41) is 0. The molecule has 0 aliphatic carbocycles. The fourth-order valence-corrected chi connectivity index (χ4v) is 5.22. The molecular formula is C9H20P2.